The number of halogens is 1. The summed E-state index contributed by atoms with van der Waals surface area (Å²) in [5.74, 6) is -1.03. The second-order valence-corrected chi connectivity index (χ2v) is 8.30. The fourth-order valence-electron chi connectivity index (χ4n) is 2.13. The summed E-state index contributed by atoms with van der Waals surface area (Å²) in [4.78, 5) is 26.4. The van der Waals surface area contributed by atoms with Crippen molar-refractivity contribution in [1.29, 1.82) is 0 Å². The number of aryl methyl sites for hydroxylation is 2. The van der Waals surface area contributed by atoms with Crippen LogP contribution in [0.4, 0.5) is 0 Å². The molecule has 1 aromatic heterocycles. The van der Waals surface area contributed by atoms with Crippen LogP contribution in [0.3, 0.4) is 0 Å². The van der Waals surface area contributed by atoms with Gasteiger partial charge in [-0.15, -0.1) is 0 Å². The first kappa shape index (κ1) is 20.1. The van der Waals surface area contributed by atoms with Crippen LogP contribution in [0.1, 0.15) is 28.0 Å². The monoisotopic (exact) mass is 442 g/mol. The van der Waals surface area contributed by atoms with Crippen molar-refractivity contribution >= 4 is 37.8 Å². The highest BCUT2D eigenvalue weighted by atomic mass is 79.9. The van der Waals surface area contributed by atoms with Crippen molar-refractivity contribution in [3.8, 4) is 0 Å². The zero-order valence-corrected chi connectivity index (χ0v) is 16.6. The van der Waals surface area contributed by atoms with Crippen molar-refractivity contribution in [2.24, 2.45) is 0 Å². The maximum Gasteiger partial charge on any atom is 0.286 e. The molecule has 26 heavy (non-hydrogen) atoms. The van der Waals surface area contributed by atoms with Crippen molar-refractivity contribution in [2.75, 3.05) is 6.54 Å². The Labute approximate surface area is 159 Å². The van der Waals surface area contributed by atoms with Crippen LogP contribution >= 0.6 is 15.9 Å². The van der Waals surface area contributed by atoms with Gasteiger partial charge in [0.2, 0.25) is 15.9 Å². The van der Waals surface area contributed by atoms with Crippen LogP contribution in [0, 0.1) is 13.8 Å². The summed E-state index contributed by atoms with van der Waals surface area (Å²) < 4.78 is 27.7. The number of hydrogen-bond donors (Lipinski definition) is 4. The number of benzene rings is 1. The molecule has 0 saturated heterocycles. The number of aromatic nitrogens is 1. The first-order valence-electron chi connectivity index (χ1n) is 7.69. The van der Waals surface area contributed by atoms with E-state index in [9.17, 15) is 18.0 Å². The Morgan fingerprint density at radius 3 is 2.54 bits per heavy atom. The van der Waals surface area contributed by atoms with E-state index in [1.54, 1.807) is 38.2 Å². The lowest BCUT2D eigenvalue weighted by Crippen LogP contribution is -2.43. The Morgan fingerprint density at radius 1 is 1.15 bits per heavy atom. The summed E-state index contributed by atoms with van der Waals surface area (Å²) in [5.41, 5.74) is 6.19. The van der Waals surface area contributed by atoms with Gasteiger partial charge in [-0.3, -0.25) is 20.4 Å². The highest BCUT2D eigenvalue weighted by molar-refractivity contribution is 9.10. The van der Waals surface area contributed by atoms with E-state index in [0.29, 0.717) is 10.0 Å². The van der Waals surface area contributed by atoms with Gasteiger partial charge in [0.1, 0.15) is 5.69 Å². The molecule has 10 heteroatoms. The fraction of sp³-hybridized carbons (Fsp3) is 0.250. The molecule has 140 valence electrons. The molecule has 4 N–H and O–H groups in total. The number of hydrazine groups is 1. The van der Waals surface area contributed by atoms with Crippen molar-refractivity contribution in [1.82, 2.24) is 20.6 Å². The Kier molecular flexibility index (Phi) is 6.57. The molecule has 2 amide bonds. The molecule has 2 rings (SSSR count). The zero-order valence-electron chi connectivity index (χ0n) is 14.2. The minimum Gasteiger partial charge on any atom is -0.356 e. The number of H-pyrrole nitrogens is 1. The summed E-state index contributed by atoms with van der Waals surface area (Å²) in [6.45, 7) is 3.41. The van der Waals surface area contributed by atoms with Gasteiger partial charge in [0.25, 0.3) is 5.91 Å². The molecule has 0 saturated carbocycles. The summed E-state index contributed by atoms with van der Waals surface area (Å²) in [6.07, 6.45) is 1.46. The summed E-state index contributed by atoms with van der Waals surface area (Å²) in [7, 11) is -3.71. The van der Waals surface area contributed by atoms with Gasteiger partial charge < -0.3 is 4.98 Å². The Balaban J connectivity index is 1.82. The first-order valence-corrected chi connectivity index (χ1v) is 9.96. The van der Waals surface area contributed by atoms with Crippen LogP contribution in [0.5, 0.6) is 0 Å². The van der Waals surface area contributed by atoms with E-state index in [-0.39, 0.29) is 23.6 Å². The maximum atomic E-state index is 12.3. The second-order valence-electron chi connectivity index (χ2n) is 5.65. The predicted octanol–water partition coefficient (Wildman–Crippen LogP) is 1.52. The van der Waals surface area contributed by atoms with Gasteiger partial charge in [-0.1, -0.05) is 12.1 Å². The average molecular weight is 443 g/mol. The lowest BCUT2D eigenvalue weighted by atomic mass is 10.2. The molecule has 0 spiro atoms. The van der Waals surface area contributed by atoms with E-state index in [0.717, 1.165) is 5.56 Å². The number of carbonyl (C=O) groups excluding carboxylic acids is 2. The third-order valence-electron chi connectivity index (χ3n) is 3.49. The number of rotatable bonds is 6. The quantitative estimate of drug-likeness (QED) is 0.506. The van der Waals surface area contributed by atoms with Gasteiger partial charge >= 0.3 is 0 Å². The maximum absolute atomic E-state index is 12.3. The number of nitrogens with one attached hydrogen (secondary N) is 4. The van der Waals surface area contributed by atoms with Crippen LogP contribution in [-0.2, 0) is 14.8 Å². The minimum absolute atomic E-state index is 0.0918. The van der Waals surface area contributed by atoms with Crippen LogP contribution in [-0.4, -0.2) is 31.8 Å². The normalized spacial score (nSPS) is 11.2. The van der Waals surface area contributed by atoms with E-state index >= 15 is 0 Å². The molecule has 0 radical (unpaired) electrons. The Morgan fingerprint density at radius 2 is 1.88 bits per heavy atom. The molecular weight excluding hydrogens is 424 g/mol. The van der Waals surface area contributed by atoms with Crippen LogP contribution < -0.4 is 15.6 Å². The highest BCUT2D eigenvalue weighted by Crippen LogP contribution is 2.16. The molecule has 0 atom stereocenters. The number of aromatic amines is 1. The largest absolute Gasteiger partial charge is 0.356 e. The molecule has 0 bridgehead atoms. The standard InChI is InChI=1S/C16H19BrN4O4S/c1-10-3-4-11(2)14(7-10)26(24,25)19-6-5-15(22)20-21-16(23)13-8-12(17)9-18-13/h3-4,7-9,18-19H,5-6H2,1-2H3,(H,20,22)(H,21,23). The SMILES string of the molecule is Cc1ccc(C)c(S(=O)(=O)NCCC(=O)NNC(=O)c2cc(Br)c[nH]2)c1. The lowest BCUT2D eigenvalue weighted by molar-refractivity contribution is -0.121. The second kappa shape index (κ2) is 8.47. The van der Waals surface area contributed by atoms with Crippen molar-refractivity contribution in [3.05, 3.63) is 51.8 Å². The van der Waals surface area contributed by atoms with Gasteiger partial charge in [0.05, 0.1) is 4.90 Å². The van der Waals surface area contributed by atoms with Gasteiger partial charge in [-0.2, -0.15) is 0 Å². The molecule has 1 aromatic carbocycles. The third kappa shape index (κ3) is 5.41. The lowest BCUT2D eigenvalue weighted by Gasteiger charge is -2.10. The number of hydrogen-bond acceptors (Lipinski definition) is 4. The summed E-state index contributed by atoms with van der Waals surface area (Å²) >= 11 is 3.20. The molecule has 2 aromatic rings. The molecule has 8 nitrogen and oxygen atoms in total. The summed E-state index contributed by atoms with van der Waals surface area (Å²) in [5, 5.41) is 0. The zero-order chi connectivity index (χ0) is 19.3. The Hall–Kier alpha value is -2.17. The molecule has 0 aliphatic carbocycles. The number of amides is 2. The van der Waals surface area contributed by atoms with E-state index < -0.39 is 21.8 Å². The number of sulfonamides is 1. The number of carbonyl (C=O) groups is 2. The smallest absolute Gasteiger partial charge is 0.286 e. The van der Waals surface area contributed by atoms with E-state index in [1.807, 2.05) is 6.07 Å². The van der Waals surface area contributed by atoms with Gasteiger partial charge in [-0.05, 0) is 53.0 Å². The van der Waals surface area contributed by atoms with Crippen molar-refractivity contribution in [3.63, 3.8) is 0 Å². The fourth-order valence-corrected chi connectivity index (χ4v) is 3.83. The molecular formula is C16H19BrN4O4S. The van der Waals surface area contributed by atoms with Crippen LogP contribution in [0.2, 0.25) is 0 Å². The van der Waals surface area contributed by atoms with Gasteiger partial charge in [0, 0.05) is 23.6 Å². The van der Waals surface area contributed by atoms with Crippen LogP contribution in [0.15, 0.2) is 39.8 Å². The average Bonchev–Trinajstić information content (AvgIpc) is 3.01. The molecule has 0 aliphatic heterocycles. The molecule has 1 heterocycles. The van der Waals surface area contributed by atoms with Gasteiger partial charge in [0.15, 0.2) is 0 Å². The van der Waals surface area contributed by atoms with E-state index in [4.69, 9.17) is 0 Å². The third-order valence-corrected chi connectivity index (χ3v) is 5.55. The minimum atomic E-state index is -3.71. The van der Waals surface area contributed by atoms with E-state index in [2.05, 4.69) is 36.5 Å². The van der Waals surface area contributed by atoms with Crippen LogP contribution in [0.25, 0.3) is 0 Å². The molecule has 0 aliphatic rings. The van der Waals surface area contributed by atoms with Crippen molar-refractivity contribution in [2.45, 2.75) is 25.2 Å². The first-order chi connectivity index (χ1) is 12.2. The van der Waals surface area contributed by atoms with Gasteiger partial charge in [-0.25, -0.2) is 13.1 Å². The summed E-state index contributed by atoms with van der Waals surface area (Å²) in [6, 6.07) is 6.69. The molecule has 0 unspecified atom stereocenters. The molecule has 0 fully saturated rings. The topological polar surface area (TPSA) is 120 Å². The van der Waals surface area contributed by atoms with Crippen molar-refractivity contribution < 1.29 is 18.0 Å². The highest BCUT2D eigenvalue weighted by Gasteiger charge is 2.17. The Bertz CT molecular complexity index is 924. The predicted molar refractivity (Wildman–Crippen MR) is 99.8 cm³/mol. The van der Waals surface area contributed by atoms with E-state index in [1.165, 1.54) is 0 Å².